The quantitative estimate of drug-likeness (QED) is 0.357. The van der Waals surface area contributed by atoms with Crippen molar-refractivity contribution in [2.24, 2.45) is 33.9 Å². The zero-order valence-electron chi connectivity index (χ0n) is 16.2. The van der Waals surface area contributed by atoms with E-state index in [1.54, 1.807) is 0 Å². The maximum Gasteiger partial charge on any atom is 0.141 e. The van der Waals surface area contributed by atoms with Gasteiger partial charge < -0.3 is 22.5 Å². The molecule has 0 aromatic heterocycles. The molecule has 25 heavy (non-hydrogen) atoms. The van der Waals surface area contributed by atoms with Gasteiger partial charge in [0.15, 0.2) is 0 Å². The number of hydrogen-bond acceptors (Lipinski definition) is 5. The largest absolute Gasteiger partial charge is 0.330 e. The normalized spacial score (nSPS) is 28.4. The number of nitrogens with two attached hydrogens (primary N) is 3. The van der Waals surface area contributed by atoms with Gasteiger partial charge in [0.1, 0.15) is 5.78 Å². The van der Waals surface area contributed by atoms with Gasteiger partial charge in [0.2, 0.25) is 0 Å². The van der Waals surface area contributed by atoms with E-state index in [1.165, 1.54) is 19.3 Å². The van der Waals surface area contributed by atoms with Crippen molar-refractivity contribution in [3.63, 3.8) is 0 Å². The highest BCUT2D eigenvalue weighted by atomic mass is 16.1. The Morgan fingerprint density at radius 1 is 1.16 bits per heavy atom. The summed E-state index contributed by atoms with van der Waals surface area (Å²) < 4.78 is 0. The fraction of sp³-hybridized carbons (Fsp3) is 0.950. The molecular weight excluding hydrogens is 312 g/mol. The maximum absolute atomic E-state index is 13.2. The molecule has 0 heterocycles. The second-order valence-electron chi connectivity index (χ2n) is 8.51. The third-order valence-electron chi connectivity index (χ3n) is 6.86. The van der Waals surface area contributed by atoms with Crippen LogP contribution in [0.15, 0.2) is 0 Å². The third-order valence-corrected chi connectivity index (χ3v) is 6.86. The molecule has 0 aromatic rings. The summed E-state index contributed by atoms with van der Waals surface area (Å²) in [7, 11) is 0. The second kappa shape index (κ2) is 9.45. The van der Waals surface area contributed by atoms with E-state index in [2.05, 4.69) is 12.2 Å². The lowest BCUT2D eigenvalue weighted by atomic mass is 9.55. The van der Waals surface area contributed by atoms with Crippen LogP contribution >= 0.6 is 0 Å². The predicted molar refractivity (Wildman–Crippen MR) is 104 cm³/mol. The number of carbonyl (C=O) groups excluding carboxylic acids is 1. The molecule has 3 unspecified atom stereocenters. The highest BCUT2D eigenvalue weighted by molar-refractivity contribution is 5.90. The first-order chi connectivity index (χ1) is 12.1. The lowest BCUT2D eigenvalue weighted by Crippen LogP contribution is -2.48. The van der Waals surface area contributed by atoms with Crippen LogP contribution in [0.3, 0.4) is 0 Å². The van der Waals surface area contributed by atoms with E-state index in [9.17, 15) is 4.79 Å². The molecule has 3 atom stereocenters. The molecule has 0 aromatic carbocycles. The summed E-state index contributed by atoms with van der Waals surface area (Å²) in [5, 5.41) is 3.70. The van der Waals surface area contributed by atoms with Crippen LogP contribution in [0.1, 0.15) is 71.1 Å². The SMILES string of the molecule is CC(CN)CCNC1CC1(C(=O)CCCCN)C1(CCCN)CCC1. The second-order valence-corrected chi connectivity index (χ2v) is 8.51. The van der Waals surface area contributed by atoms with E-state index in [0.717, 1.165) is 58.2 Å². The number of hydrogen-bond donors (Lipinski definition) is 4. The number of ketones is 1. The summed E-state index contributed by atoms with van der Waals surface area (Å²) in [6, 6.07) is 0.362. The monoisotopic (exact) mass is 352 g/mol. The molecular formula is C20H40N4O. The molecule has 2 fully saturated rings. The van der Waals surface area contributed by atoms with Crippen molar-refractivity contribution in [1.29, 1.82) is 0 Å². The van der Waals surface area contributed by atoms with Crippen LogP contribution in [0.4, 0.5) is 0 Å². The Morgan fingerprint density at radius 2 is 1.88 bits per heavy atom. The van der Waals surface area contributed by atoms with Crippen molar-refractivity contribution in [3.05, 3.63) is 0 Å². The molecule has 2 aliphatic rings. The lowest BCUT2D eigenvalue weighted by Gasteiger charge is -2.49. The first-order valence-corrected chi connectivity index (χ1v) is 10.4. The topological polar surface area (TPSA) is 107 Å². The zero-order chi connectivity index (χ0) is 18.3. The Kier molecular flexibility index (Phi) is 7.87. The molecule has 0 amide bonds. The van der Waals surface area contributed by atoms with Gasteiger partial charge >= 0.3 is 0 Å². The summed E-state index contributed by atoms with van der Waals surface area (Å²) in [4.78, 5) is 13.2. The van der Waals surface area contributed by atoms with Crippen LogP contribution < -0.4 is 22.5 Å². The molecule has 2 saturated carbocycles. The van der Waals surface area contributed by atoms with Crippen molar-refractivity contribution in [2.75, 3.05) is 26.2 Å². The Morgan fingerprint density at radius 3 is 2.44 bits per heavy atom. The van der Waals surface area contributed by atoms with Crippen LogP contribution in [0.25, 0.3) is 0 Å². The van der Waals surface area contributed by atoms with Gasteiger partial charge in [0.05, 0.1) is 5.41 Å². The lowest BCUT2D eigenvalue weighted by molar-refractivity contribution is -0.134. The maximum atomic E-state index is 13.2. The van der Waals surface area contributed by atoms with Crippen LogP contribution in [0, 0.1) is 16.7 Å². The van der Waals surface area contributed by atoms with Crippen molar-refractivity contribution >= 4 is 5.78 Å². The zero-order valence-corrected chi connectivity index (χ0v) is 16.2. The van der Waals surface area contributed by atoms with E-state index >= 15 is 0 Å². The average molecular weight is 353 g/mol. The van der Waals surface area contributed by atoms with Crippen molar-refractivity contribution in [2.45, 2.75) is 77.2 Å². The minimum Gasteiger partial charge on any atom is -0.330 e. The van der Waals surface area contributed by atoms with Gasteiger partial charge in [-0.05, 0) is 88.9 Å². The van der Waals surface area contributed by atoms with Crippen molar-refractivity contribution in [3.8, 4) is 0 Å². The highest BCUT2D eigenvalue weighted by Gasteiger charge is 2.70. The van der Waals surface area contributed by atoms with E-state index < -0.39 is 0 Å². The van der Waals surface area contributed by atoms with E-state index in [-0.39, 0.29) is 10.8 Å². The molecule has 0 spiro atoms. The minimum atomic E-state index is -0.124. The first-order valence-electron chi connectivity index (χ1n) is 10.4. The summed E-state index contributed by atoms with van der Waals surface area (Å²) in [5.74, 6) is 1.03. The summed E-state index contributed by atoms with van der Waals surface area (Å²) in [6.07, 6.45) is 10.5. The number of carbonyl (C=O) groups is 1. The Bertz CT molecular complexity index is 424. The third kappa shape index (κ3) is 4.44. The molecule has 2 rings (SSSR count). The minimum absolute atomic E-state index is 0.124. The van der Waals surface area contributed by atoms with Crippen LogP contribution in [-0.2, 0) is 4.79 Å². The van der Waals surface area contributed by atoms with Crippen LogP contribution in [-0.4, -0.2) is 38.0 Å². The molecule has 2 aliphatic carbocycles. The van der Waals surface area contributed by atoms with E-state index in [1.807, 2.05) is 0 Å². The average Bonchev–Trinajstić information content (AvgIpc) is 3.29. The van der Waals surface area contributed by atoms with Gasteiger partial charge in [-0.3, -0.25) is 4.79 Å². The van der Waals surface area contributed by atoms with Gasteiger partial charge in [0, 0.05) is 12.5 Å². The van der Waals surface area contributed by atoms with Gasteiger partial charge in [-0.25, -0.2) is 0 Å². The Labute approximate surface area is 153 Å². The first kappa shape index (κ1) is 20.8. The van der Waals surface area contributed by atoms with Crippen LogP contribution in [0.2, 0.25) is 0 Å². The Hall–Kier alpha value is -0.490. The van der Waals surface area contributed by atoms with E-state index in [0.29, 0.717) is 30.7 Å². The Balaban J connectivity index is 2.01. The number of Topliss-reactive ketones (excluding diaryl/α,β-unsaturated/α-hetero) is 1. The van der Waals surface area contributed by atoms with Gasteiger partial charge in [0.25, 0.3) is 0 Å². The molecule has 146 valence electrons. The molecule has 7 N–H and O–H groups in total. The number of unbranched alkanes of at least 4 members (excludes halogenated alkanes) is 1. The standard InChI is InChI=1S/C20H40N4O/c1-16(15-23)7-13-24-17-14-20(17,18(25)6-2-3-11-21)19(8-4-9-19)10-5-12-22/h16-17,24H,2-15,21-23H2,1H3. The summed E-state index contributed by atoms with van der Waals surface area (Å²) >= 11 is 0. The van der Waals surface area contributed by atoms with Crippen molar-refractivity contribution < 1.29 is 4.79 Å². The van der Waals surface area contributed by atoms with Crippen LogP contribution in [0.5, 0.6) is 0 Å². The van der Waals surface area contributed by atoms with Gasteiger partial charge in [-0.1, -0.05) is 13.3 Å². The number of nitrogens with one attached hydrogen (secondary N) is 1. The molecule has 0 bridgehead atoms. The smallest absolute Gasteiger partial charge is 0.141 e. The molecule has 0 saturated heterocycles. The molecule has 0 aliphatic heterocycles. The fourth-order valence-corrected chi connectivity index (χ4v) is 4.94. The highest BCUT2D eigenvalue weighted by Crippen LogP contribution is 2.69. The van der Waals surface area contributed by atoms with E-state index in [4.69, 9.17) is 17.2 Å². The molecule has 5 nitrogen and oxygen atoms in total. The number of rotatable bonds is 14. The fourth-order valence-electron chi connectivity index (χ4n) is 4.94. The van der Waals surface area contributed by atoms with Crippen molar-refractivity contribution in [1.82, 2.24) is 5.32 Å². The van der Waals surface area contributed by atoms with Gasteiger partial charge in [-0.2, -0.15) is 0 Å². The predicted octanol–water partition coefficient (Wildman–Crippen LogP) is 1.93. The molecule has 5 heteroatoms. The summed E-state index contributed by atoms with van der Waals surface area (Å²) in [6.45, 7) is 5.29. The van der Waals surface area contributed by atoms with Gasteiger partial charge in [-0.15, -0.1) is 0 Å². The molecule has 0 radical (unpaired) electrons. The summed E-state index contributed by atoms with van der Waals surface area (Å²) in [5.41, 5.74) is 17.2.